The van der Waals surface area contributed by atoms with Crippen LogP contribution < -0.4 is 15.4 Å². The molecular formula is C34H32F4N2O6. The Labute approximate surface area is 262 Å². The summed E-state index contributed by atoms with van der Waals surface area (Å²) in [5.74, 6) is -4.66. The van der Waals surface area contributed by atoms with Gasteiger partial charge in [-0.3, -0.25) is 14.4 Å². The molecule has 8 nitrogen and oxygen atoms in total. The van der Waals surface area contributed by atoms with E-state index >= 15 is 0 Å². The molecule has 2 aliphatic rings. The summed E-state index contributed by atoms with van der Waals surface area (Å²) in [5.41, 5.74) is 0.931. The van der Waals surface area contributed by atoms with Gasteiger partial charge >= 0.3 is 12.1 Å². The number of rotatable bonds is 11. The second-order valence-electron chi connectivity index (χ2n) is 11.3. The Bertz CT molecular complexity index is 1640. The number of amides is 2. The topological polar surface area (TPSA) is 114 Å². The first kappa shape index (κ1) is 32.7. The number of hydrogen-bond acceptors (Lipinski definition) is 5. The lowest BCUT2D eigenvalue weighted by Gasteiger charge is -2.30. The molecule has 0 heterocycles. The Balaban J connectivity index is 1.43. The fourth-order valence-corrected chi connectivity index (χ4v) is 6.38. The molecule has 2 fully saturated rings. The molecule has 2 saturated carbocycles. The Morgan fingerprint density at radius 2 is 1.74 bits per heavy atom. The van der Waals surface area contributed by atoms with Crippen molar-refractivity contribution in [1.82, 2.24) is 5.32 Å². The van der Waals surface area contributed by atoms with Gasteiger partial charge in [-0.25, -0.2) is 4.39 Å². The summed E-state index contributed by atoms with van der Waals surface area (Å²) in [7, 11) is 1.40. The van der Waals surface area contributed by atoms with Gasteiger partial charge in [-0.1, -0.05) is 48.0 Å². The van der Waals surface area contributed by atoms with Crippen LogP contribution in [0.25, 0.3) is 6.08 Å². The Hall–Kier alpha value is -4.71. The summed E-state index contributed by atoms with van der Waals surface area (Å²) < 4.78 is 64.9. The zero-order chi connectivity index (χ0) is 33.0. The van der Waals surface area contributed by atoms with Crippen molar-refractivity contribution in [3.05, 3.63) is 100 Å². The van der Waals surface area contributed by atoms with Gasteiger partial charge in [0.05, 0.1) is 43.8 Å². The highest BCUT2D eigenvalue weighted by Crippen LogP contribution is 2.53. The minimum Gasteiger partial charge on any atom is -0.496 e. The van der Waals surface area contributed by atoms with Crippen LogP contribution in [0.5, 0.6) is 5.75 Å². The van der Waals surface area contributed by atoms with Crippen molar-refractivity contribution in [2.24, 2.45) is 17.8 Å². The molecule has 5 rings (SSSR count). The number of alkyl halides is 3. The second-order valence-corrected chi connectivity index (χ2v) is 11.3. The highest BCUT2D eigenvalue weighted by atomic mass is 19.4. The van der Waals surface area contributed by atoms with E-state index in [2.05, 4.69) is 10.6 Å². The molecule has 0 spiro atoms. The maximum absolute atomic E-state index is 13.9. The molecule has 3 aromatic carbocycles. The van der Waals surface area contributed by atoms with E-state index in [1.54, 1.807) is 18.2 Å². The number of carbonyl (C=O) groups is 3. The van der Waals surface area contributed by atoms with Gasteiger partial charge in [0.1, 0.15) is 11.6 Å². The fourth-order valence-electron chi connectivity index (χ4n) is 6.38. The van der Waals surface area contributed by atoms with Crippen LogP contribution in [0.3, 0.4) is 0 Å². The molecule has 0 radical (unpaired) electrons. The van der Waals surface area contributed by atoms with Crippen LogP contribution in [0.15, 0.2) is 72.3 Å². The number of carboxylic acids is 1. The van der Waals surface area contributed by atoms with Gasteiger partial charge in [0, 0.05) is 17.6 Å². The summed E-state index contributed by atoms with van der Waals surface area (Å²) in [5, 5.41) is 14.4. The number of benzene rings is 3. The molecule has 2 bridgehead atoms. The largest absolute Gasteiger partial charge is 0.496 e. The van der Waals surface area contributed by atoms with E-state index in [4.69, 9.17) is 14.6 Å². The third kappa shape index (κ3) is 7.23. The number of carboxylic acid groups (broad SMARTS) is 1. The number of hydrogen-bond donors (Lipinski definition) is 3. The third-order valence-electron chi connectivity index (χ3n) is 8.41. The smallest absolute Gasteiger partial charge is 0.419 e. The van der Waals surface area contributed by atoms with Gasteiger partial charge in [-0.2, -0.15) is 13.2 Å². The average molecular weight is 641 g/mol. The van der Waals surface area contributed by atoms with E-state index in [9.17, 15) is 31.9 Å². The monoisotopic (exact) mass is 640 g/mol. The summed E-state index contributed by atoms with van der Waals surface area (Å²) in [4.78, 5) is 38.4. The Kier molecular flexibility index (Phi) is 9.76. The third-order valence-corrected chi connectivity index (χ3v) is 8.41. The van der Waals surface area contributed by atoms with Gasteiger partial charge in [0.25, 0.3) is 5.91 Å². The molecule has 12 heteroatoms. The van der Waals surface area contributed by atoms with Crippen LogP contribution in [-0.2, 0) is 27.1 Å². The summed E-state index contributed by atoms with van der Waals surface area (Å²) in [6.45, 7) is 0.0398. The van der Waals surface area contributed by atoms with Crippen molar-refractivity contribution in [1.29, 1.82) is 0 Å². The minimum absolute atomic E-state index is 0.0140. The van der Waals surface area contributed by atoms with Crippen molar-refractivity contribution in [3.8, 4) is 5.75 Å². The van der Waals surface area contributed by atoms with Crippen LogP contribution in [0.2, 0.25) is 0 Å². The first-order valence-corrected chi connectivity index (χ1v) is 14.7. The zero-order valence-electron chi connectivity index (χ0n) is 24.8. The van der Waals surface area contributed by atoms with Crippen molar-refractivity contribution in [3.63, 3.8) is 0 Å². The van der Waals surface area contributed by atoms with Gasteiger partial charge in [-0.05, 0) is 60.2 Å². The molecule has 2 unspecified atom stereocenters. The second kappa shape index (κ2) is 13.7. The molecule has 242 valence electrons. The highest BCUT2D eigenvalue weighted by Gasteiger charge is 2.54. The first-order chi connectivity index (χ1) is 22.0. The maximum atomic E-state index is 13.9. The van der Waals surface area contributed by atoms with Crippen molar-refractivity contribution >= 4 is 29.5 Å². The quantitative estimate of drug-likeness (QED) is 0.167. The van der Waals surface area contributed by atoms with Gasteiger partial charge in [-0.15, -0.1) is 0 Å². The summed E-state index contributed by atoms with van der Waals surface area (Å²) in [6.07, 6.45) is -1.82. The lowest BCUT2D eigenvalue weighted by Crippen LogP contribution is -2.48. The number of nitrogens with one attached hydrogen (secondary N) is 2. The molecule has 46 heavy (non-hydrogen) atoms. The van der Waals surface area contributed by atoms with E-state index in [0.29, 0.717) is 30.5 Å². The molecule has 2 amide bonds. The molecule has 0 saturated heterocycles. The van der Waals surface area contributed by atoms with E-state index in [0.717, 1.165) is 17.2 Å². The van der Waals surface area contributed by atoms with Gasteiger partial charge in [0.15, 0.2) is 0 Å². The molecule has 3 N–H and O–H groups in total. The molecule has 3 aromatic rings. The number of aliphatic carboxylic acids is 1. The summed E-state index contributed by atoms with van der Waals surface area (Å²) >= 11 is 0. The number of halogens is 4. The van der Waals surface area contributed by atoms with Gasteiger partial charge < -0.3 is 25.2 Å². The Morgan fingerprint density at radius 3 is 2.43 bits per heavy atom. The predicted octanol–water partition coefficient (Wildman–Crippen LogP) is 6.32. The number of methoxy groups -OCH3 is 1. The number of anilines is 1. The number of fused-ring (bicyclic) bond motifs is 2. The van der Waals surface area contributed by atoms with E-state index in [1.807, 2.05) is 36.4 Å². The first-order valence-electron chi connectivity index (χ1n) is 14.7. The lowest BCUT2D eigenvalue weighted by atomic mass is 9.83. The Morgan fingerprint density at radius 1 is 1.00 bits per heavy atom. The number of ether oxygens (including phenoxy) is 2. The SMILES string of the molecule is COc1ccc(COCCC(=O)O)cc1C(=O)N[C@@H]1C2CCC(/C2=C/c2ccccc2)[C@@H]1C(=O)Nc1ccc(F)c(C(F)(F)F)c1. The predicted molar refractivity (Wildman–Crippen MR) is 160 cm³/mol. The molecule has 0 aliphatic heterocycles. The van der Waals surface area contributed by atoms with Crippen LogP contribution >= 0.6 is 0 Å². The van der Waals surface area contributed by atoms with E-state index < -0.39 is 47.3 Å². The molecule has 4 atom stereocenters. The van der Waals surface area contributed by atoms with Crippen molar-refractivity contribution in [2.45, 2.75) is 38.1 Å². The van der Waals surface area contributed by atoms with E-state index in [-0.39, 0.29) is 48.5 Å². The van der Waals surface area contributed by atoms with Crippen LogP contribution in [0.4, 0.5) is 23.2 Å². The van der Waals surface area contributed by atoms with Crippen LogP contribution in [-0.4, -0.2) is 42.6 Å². The zero-order valence-corrected chi connectivity index (χ0v) is 24.8. The average Bonchev–Trinajstić information content (AvgIpc) is 3.54. The van der Waals surface area contributed by atoms with Crippen LogP contribution in [0, 0.1) is 23.6 Å². The van der Waals surface area contributed by atoms with E-state index in [1.165, 1.54) is 7.11 Å². The fraction of sp³-hybridized carbons (Fsp3) is 0.324. The molecule has 2 aliphatic carbocycles. The molecule has 0 aromatic heterocycles. The molecular weight excluding hydrogens is 608 g/mol. The number of carbonyl (C=O) groups excluding carboxylic acids is 2. The summed E-state index contributed by atoms with van der Waals surface area (Å²) in [6, 6.07) is 15.9. The maximum Gasteiger partial charge on any atom is 0.419 e. The van der Waals surface area contributed by atoms with Crippen LogP contribution in [0.1, 0.15) is 46.3 Å². The van der Waals surface area contributed by atoms with Gasteiger partial charge in [0.2, 0.25) is 5.91 Å². The minimum atomic E-state index is -4.95. The van der Waals surface area contributed by atoms with Crippen molar-refractivity contribution in [2.75, 3.05) is 19.0 Å². The normalized spacial score (nSPS) is 21.3. The van der Waals surface area contributed by atoms with Crippen molar-refractivity contribution < 1.29 is 46.5 Å². The highest BCUT2D eigenvalue weighted by molar-refractivity contribution is 5.99. The standard InChI is InChI=1S/C34H32F4N2O6/c1-45-28-12-7-20(18-46-14-13-29(41)42)16-25(28)32(43)40-31-23-10-9-22(24(23)15-19-5-3-2-4-6-19)30(31)33(44)39-21-8-11-27(35)26(17-21)34(36,37)38/h2-8,11-12,15-17,22-23,30-31H,9-10,13-14,18H2,1H3,(H,39,44)(H,40,43)(H,41,42)/b24-15-/t22?,23?,30-,31+/m0/s1. The lowest BCUT2D eigenvalue weighted by molar-refractivity contribution is -0.140.